The average Bonchev–Trinajstić information content (AvgIpc) is 2.20. The molecule has 0 amide bonds. The van der Waals surface area contributed by atoms with Crippen molar-refractivity contribution in [2.24, 2.45) is 0 Å². The van der Waals surface area contributed by atoms with Crippen molar-refractivity contribution >= 4 is 0 Å². The summed E-state index contributed by atoms with van der Waals surface area (Å²) in [4.78, 5) is 0. The Balaban J connectivity index is 0. The lowest BCUT2D eigenvalue weighted by molar-refractivity contribution is 0.282. The lowest BCUT2D eigenvalue weighted by atomic mass is 10.1. The van der Waals surface area contributed by atoms with Gasteiger partial charge in [-0.25, -0.2) is 0 Å². The first-order chi connectivity index (χ1) is 6.83. The van der Waals surface area contributed by atoms with Crippen LogP contribution in [0.2, 0.25) is 0 Å². The molecule has 0 saturated carbocycles. The minimum absolute atomic E-state index is 0.367. The van der Waals surface area contributed by atoms with E-state index in [0.29, 0.717) is 6.61 Å². The van der Waals surface area contributed by atoms with Crippen molar-refractivity contribution in [1.82, 2.24) is 0 Å². The predicted octanol–water partition coefficient (Wildman–Crippen LogP) is 4.09. The Morgan fingerprint density at radius 2 is 1.43 bits per heavy atom. The molecule has 0 aliphatic heterocycles. The van der Waals surface area contributed by atoms with E-state index in [1.807, 2.05) is 12.2 Å². The lowest BCUT2D eigenvalue weighted by Crippen LogP contribution is -1.82. The number of unbranched alkanes of at least 4 members (excludes halogenated alkanes) is 5. The maximum atomic E-state index is 8.42. The van der Waals surface area contributed by atoms with E-state index >= 15 is 0 Å². The number of hydrogen-bond acceptors (Lipinski definition) is 1. The van der Waals surface area contributed by atoms with Gasteiger partial charge < -0.3 is 5.11 Å². The quantitative estimate of drug-likeness (QED) is 0.460. The molecule has 0 saturated heterocycles. The Bertz CT molecular complexity index is 95.8. The molecule has 0 fully saturated rings. The second-order valence-corrected chi connectivity index (χ2v) is 3.30. The van der Waals surface area contributed by atoms with E-state index in [0.717, 1.165) is 12.8 Å². The van der Waals surface area contributed by atoms with Crippen LogP contribution < -0.4 is 0 Å². The molecule has 0 unspecified atom stereocenters. The third kappa shape index (κ3) is 22.5. The van der Waals surface area contributed by atoms with E-state index in [1.165, 1.54) is 32.1 Å². The molecule has 0 aliphatic rings. The maximum absolute atomic E-state index is 8.42. The maximum Gasteiger partial charge on any atom is 0.0431 e. The first kappa shape index (κ1) is 15.9. The van der Waals surface area contributed by atoms with Crippen LogP contribution in [0.3, 0.4) is 0 Å². The van der Waals surface area contributed by atoms with E-state index in [2.05, 4.69) is 20.1 Å². The van der Waals surface area contributed by atoms with Crippen LogP contribution in [0.25, 0.3) is 0 Å². The van der Waals surface area contributed by atoms with Gasteiger partial charge >= 0.3 is 0 Å². The highest BCUT2D eigenvalue weighted by Crippen LogP contribution is 2.03. The fourth-order valence-electron chi connectivity index (χ4n) is 1.01. The van der Waals surface area contributed by atoms with Crippen LogP contribution >= 0.6 is 0 Å². The van der Waals surface area contributed by atoms with Gasteiger partial charge in [0.25, 0.3) is 0 Å². The zero-order chi connectivity index (χ0) is 11.1. The number of allylic oxidation sites excluding steroid dienone is 2. The van der Waals surface area contributed by atoms with Crippen molar-refractivity contribution in [3.63, 3.8) is 0 Å². The molecule has 0 rings (SSSR count). The molecule has 14 heavy (non-hydrogen) atoms. The number of aliphatic hydroxyl groups excluding tert-OH is 1. The van der Waals surface area contributed by atoms with Gasteiger partial charge in [-0.1, -0.05) is 51.2 Å². The van der Waals surface area contributed by atoms with E-state index in [-0.39, 0.29) is 0 Å². The topological polar surface area (TPSA) is 20.2 Å². The summed E-state index contributed by atoms with van der Waals surface area (Å²) in [6.07, 6.45) is 12.0. The monoisotopic (exact) mass is 198 g/mol. The third-order valence-corrected chi connectivity index (χ3v) is 1.85. The van der Waals surface area contributed by atoms with Crippen molar-refractivity contribution < 1.29 is 5.11 Å². The molecule has 1 heteroatoms. The van der Waals surface area contributed by atoms with Crippen LogP contribution in [0.1, 0.15) is 51.9 Å². The summed E-state index contributed by atoms with van der Waals surface area (Å²) in [5, 5.41) is 8.42. The predicted molar refractivity (Wildman–Crippen MR) is 65.5 cm³/mol. The molecule has 84 valence electrons. The van der Waals surface area contributed by atoms with Gasteiger partial charge in [0.05, 0.1) is 0 Å². The van der Waals surface area contributed by atoms with Crippen molar-refractivity contribution in [3.8, 4) is 0 Å². The van der Waals surface area contributed by atoms with E-state index in [1.54, 1.807) is 0 Å². The Kier molecular flexibility index (Phi) is 20.7. The lowest BCUT2D eigenvalue weighted by Gasteiger charge is -1.95. The smallest absolute Gasteiger partial charge is 0.0431 e. The molecular formula is C13H26O. The molecule has 0 aromatic heterocycles. The Labute approximate surface area is 89.5 Å². The molecule has 0 spiro atoms. The van der Waals surface area contributed by atoms with Crippen LogP contribution in [-0.4, -0.2) is 11.7 Å². The van der Waals surface area contributed by atoms with E-state index in [4.69, 9.17) is 5.11 Å². The Morgan fingerprint density at radius 3 is 1.79 bits per heavy atom. The van der Waals surface area contributed by atoms with E-state index in [9.17, 15) is 0 Å². The van der Waals surface area contributed by atoms with Crippen molar-refractivity contribution in [2.45, 2.75) is 51.9 Å². The van der Waals surface area contributed by atoms with Gasteiger partial charge in [-0.15, -0.1) is 13.2 Å². The normalized spacial score (nSPS) is 8.71. The molecule has 1 nitrogen and oxygen atoms in total. The van der Waals surface area contributed by atoms with Gasteiger partial charge in [-0.3, -0.25) is 0 Å². The largest absolute Gasteiger partial charge is 0.396 e. The summed E-state index contributed by atoms with van der Waals surface area (Å²) in [7, 11) is 0. The summed E-state index contributed by atoms with van der Waals surface area (Å²) in [5.41, 5.74) is 0. The minimum atomic E-state index is 0.367. The van der Waals surface area contributed by atoms with Crippen LogP contribution in [0, 0.1) is 0 Å². The van der Waals surface area contributed by atoms with Crippen molar-refractivity contribution in [2.75, 3.05) is 6.61 Å². The molecular weight excluding hydrogens is 172 g/mol. The third-order valence-electron chi connectivity index (χ3n) is 1.85. The number of hydrogen-bond donors (Lipinski definition) is 1. The molecule has 0 aliphatic carbocycles. The number of aliphatic hydroxyl groups is 1. The standard InChI is InChI=1S/C8H18O.C5H8/c1-2-3-4-5-6-7-8-9;1-3-5-4-2/h9H,2-8H2,1H3;3-4H,1-2,5H2. The first-order valence-electron chi connectivity index (χ1n) is 5.66. The Morgan fingerprint density at radius 1 is 0.929 bits per heavy atom. The zero-order valence-electron chi connectivity index (χ0n) is 9.67. The first-order valence-corrected chi connectivity index (χ1v) is 5.66. The van der Waals surface area contributed by atoms with Crippen molar-refractivity contribution in [1.29, 1.82) is 0 Å². The summed E-state index contributed by atoms with van der Waals surface area (Å²) < 4.78 is 0. The molecule has 0 aromatic rings. The van der Waals surface area contributed by atoms with Gasteiger partial charge in [0, 0.05) is 6.61 Å². The highest BCUT2D eigenvalue weighted by atomic mass is 16.2. The summed E-state index contributed by atoms with van der Waals surface area (Å²) >= 11 is 0. The summed E-state index contributed by atoms with van der Waals surface area (Å²) in [6.45, 7) is 9.54. The van der Waals surface area contributed by atoms with Crippen LogP contribution in [0.4, 0.5) is 0 Å². The molecule has 0 aromatic carbocycles. The van der Waals surface area contributed by atoms with Crippen LogP contribution in [-0.2, 0) is 0 Å². The van der Waals surface area contributed by atoms with Crippen LogP contribution in [0.15, 0.2) is 25.3 Å². The van der Waals surface area contributed by atoms with Gasteiger partial charge in [0.15, 0.2) is 0 Å². The molecule has 0 heterocycles. The van der Waals surface area contributed by atoms with Gasteiger partial charge in [-0.2, -0.15) is 0 Å². The molecule has 0 atom stereocenters. The molecule has 0 bridgehead atoms. The zero-order valence-corrected chi connectivity index (χ0v) is 9.67. The molecule has 0 radical (unpaired) electrons. The van der Waals surface area contributed by atoms with Crippen LogP contribution in [0.5, 0.6) is 0 Å². The van der Waals surface area contributed by atoms with E-state index < -0.39 is 0 Å². The number of rotatable bonds is 8. The molecule has 1 N–H and O–H groups in total. The van der Waals surface area contributed by atoms with Gasteiger partial charge in [-0.05, 0) is 12.8 Å². The van der Waals surface area contributed by atoms with Gasteiger partial charge in [0.2, 0.25) is 0 Å². The fourth-order valence-corrected chi connectivity index (χ4v) is 1.01. The SMILES string of the molecule is C=CCC=C.CCCCCCCCO. The highest BCUT2D eigenvalue weighted by molar-refractivity contribution is 4.79. The fraction of sp³-hybridized carbons (Fsp3) is 0.692. The average molecular weight is 198 g/mol. The second-order valence-electron chi connectivity index (χ2n) is 3.30. The van der Waals surface area contributed by atoms with Crippen molar-refractivity contribution in [3.05, 3.63) is 25.3 Å². The van der Waals surface area contributed by atoms with Gasteiger partial charge in [0.1, 0.15) is 0 Å². The Hall–Kier alpha value is -0.560. The summed E-state index contributed by atoms with van der Waals surface area (Å²) in [6, 6.07) is 0. The second kappa shape index (κ2) is 18.3. The highest BCUT2D eigenvalue weighted by Gasteiger charge is 1.86. The minimum Gasteiger partial charge on any atom is -0.396 e. The summed E-state index contributed by atoms with van der Waals surface area (Å²) in [5.74, 6) is 0.